The molecule has 60 valence electrons. The molecule has 0 aliphatic heterocycles. The number of thiocarbonyl (C=S) groups is 1. The predicted molar refractivity (Wildman–Crippen MR) is 47.4 cm³/mol. The van der Waals surface area contributed by atoms with Gasteiger partial charge in [-0.15, -0.1) is 0 Å². The summed E-state index contributed by atoms with van der Waals surface area (Å²) in [6.45, 7) is 3.08. The van der Waals surface area contributed by atoms with E-state index in [1.807, 2.05) is 0 Å². The summed E-state index contributed by atoms with van der Waals surface area (Å²) in [6, 6.07) is 0. The smallest absolute Gasteiger partial charge is 0.180 e. The van der Waals surface area contributed by atoms with Crippen molar-refractivity contribution in [2.24, 2.45) is 5.84 Å². The molecule has 0 radical (unpaired) electrons. The molecule has 0 rings (SSSR count). The van der Waals surface area contributed by atoms with Gasteiger partial charge in [-0.3, -0.25) is 0 Å². The Labute approximate surface area is 67.3 Å². The molecule has 10 heavy (non-hydrogen) atoms. The minimum Gasteiger partial charge on any atom is -0.362 e. The van der Waals surface area contributed by atoms with Crippen LogP contribution < -0.4 is 16.6 Å². The molecule has 0 atom stereocenters. The van der Waals surface area contributed by atoms with E-state index in [4.69, 9.17) is 18.1 Å². The van der Waals surface area contributed by atoms with Gasteiger partial charge in [0.2, 0.25) is 0 Å². The Hall–Kier alpha value is -0.350. The van der Waals surface area contributed by atoms with E-state index in [9.17, 15) is 0 Å². The summed E-state index contributed by atoms with van der Waals surface area (Å²) in [5.41, 5.74) is 2.36. The van der Waals surface area contributed by atoms with Gasteiger partial charge >= 0.3 is 0 Å². The normalized spacial score (nSPS) is 9.00. The first kappa shape index (κ1) is 9.65. The highest BCUT2D eigenvalue weighted by Gasteiger charge is 1.88. The first-order chi connectivity index (χ1) is 4.81. The van der Waals surface area contributed by atoms with E-state index in [0.717, 1.165) is 13.0 Å². The molecule has 0 heterocycles. The van der Waals surface area contributed by atoms with Crippen LogP contribution in [0.15, 0.2) is 0 Å². The van der Waals surface area contributed by atoms with E-state index in [1.54, 1.807) is 0 Å². The molecular weight excluding hydrogens is 146 g/mol. The lowest BCUT2D eigenvalue weighted by molar-refractivity contribution is 0.690. The van der Waals surface area contributed by atoms with Crippen molar-refractivity contribution in [1.29, 1.82) is 0 Å². The SMILES string of the molecule is CCCCCNC(=S)NN. The van der Waals surface area contributed by atoms with Gasteiger partial charge < -0.3 is 10.7 Å². The van der Waals surface area contributed by atoms with Crippen LogP contribution in [0.5, 0.6) is 0 Å². The van der Waals surface area contributed by atoms with Gasteiger partial charge in [-0.05, 0) is 18.6 Å². The summed E-state index contributed by atoms with van der Waals surface area (Å²) in [6.07, 6.45) is 3.61. The molecule has 0 saturated heterocycles. The second-order valence-corrected chi connectivity index (χ2v) is 2.52. The number of hydrazine groups is 1. The van der Waals surface area contributed by atoms with Crippen molar-refractivity contribution in [1.82, 2.24) is 10.7 Å². The van der Waals surface area contributed by atoms with Crippen LogP contribution in [0.2, 0.25) is 0 Å². The Morgan fingerprint density at radius 3 is 2.70 bits per heavy atom. The van der Waals surface area contributed by atoms with Crippen molar-refractivity contribution >= 4 is 17.3 Å². The maximum Gasteiger partial charge on any atom is 0.180 e. The molecular formula is C6H15N3S. The zero-order valence-corrected chi connectivity index (χ0v) is 7.13. The number of unbranched alkanes of at least 4 members (excludes halogenated alkanes) is 2. The van der Waals surface area contributed by atoms with E-state index in [1.165, 1.54) is 12.8 Å². The lowest BCUT2D eigenvalue weighted by Gasteiger charge is -2.04. The van der Waals surface area contributed by atoms with Gasteiger partial charge in [0.25, 0.3) is 0 Å². The largest absolute Gasteiger partial charge is 0.362 e. The van der Waals surface area contributed by atoms with E-state index >= 15 is 0 Å². The summed E-state index contributed by atoms with van der Waals surface area (Å²) in [4.78, 5) is 0. The fourth-order valence-corrected chi connectivity index (χ4v) is 0.730. The maximum absolute atomic E-state index is 5.03. The minimum atomic E-state index is 0.524. The number of nitrogens with two attached hydrogens (primary N) is 1. The van der Waals surface area contributed by atoms with Crippen molar-refractivity contribution in [3.8, 4) is 0 Å². The van der Waals surface area contributed by atoms with Crippen LogP contribution >= 0.6 is 12.2 Å². The van der Waals surface area contributed by atoms with Crippen LogP contribution in [0.3, 0.4) is 0 Å². The molecule has 0 aromatic rings. The van der Waals surface area contributed by atoms with Crippen LogP contribution in [0.25, 0.3) is 0 Å². The van der Waals surface area contributed by atoms with Crippen molar-refractivity contribution < 1.29 is 0 Å². The molecule has 0 aliphatic rings. The minimum absolute atomic E-state index is 0.524. The molecule has 4 heteroatoms. The summed E-state index contributed by atoms with van der Waals surface area (Å²) < 4.78 is 0. The zero-order valence-electron chi connectivity index (χ0n) is 6.31. The van der Waals surface area contributed by atoms with E-state index in [2.05, 4.69) is 17.7 Å². The molecule has 0 aromatic carbocycles. The number of rotatable bonds is 4. The van der Waals surface area contributed by atoms with Crippen LogP contribution in [0, 0.1) is 0 Å². The Bertz CT molecular complexity index is 95.0. The van der Waals surface area contributed by atoms with Gasteiger partial charge in [0.05, 0.1) is 0 Å². The molecule has 0 amide bonds. The number of nitrogens with one attached hydrogen (secondary N) is 2. The molecule has 0 bridgehead atoms. The summed E-state index contributed by atoms with van der Waals surface area (Å²) in [5.74, 6) is 5.03. The van der Waals surface area contributed by atoms with Crippen LogP contribution in [0.4, 0.5) is 0 Å². The molecule has 3 nitrogen and oxygen atoms in total. The fraction of sp³-hybridized carbons (Fsp3) is 0.833. The predicted octanol–water partition coefficient (Wildman–Crippen LogP) is 0.514. The molecule has 0 saturated carbocycles. The second-order valence-electron chi connectivity index (χ2n) is 2.11. The summed E-state index contributed by atoms with van der Waals surface area (Å²) in [7, 11) is 0. The molecule has 0 aromatic heterocycles. The van der Waals surface area contributed by atoms with Crippen molar-refractivity contribution in [3.05, 3.63) is 0 Å². The van der Waals surface area contributed by atoms with E-state index in [-0.39, 0.29) is 0 Å². The van der Waals surface area contributed by atoms with Gasteiger partial charge in [-0.25, -0.2) is 5.84 Å². The third kappa shape index (κ3) is 5.78. The Morgan fingerprint density at radius 1 is 1.50 bits per heavy atom. The number of hydrogen-bond acceptors (Lipinski definition) is 2. The summed E-state index contributed by atoms with van der Waals surface area (Å²) in [5, 5.41) is 3.49. The molecule has 0 fully saturated rings. The fourth-order valence-electron chi connectivity index (χ4n) is 0.628. The highest BCUT2D eigenvalue weighted by Crippen LogP contribution is 1.90. The standard InChI is InChI=1S/C6H15N3S/c1-2-3-4-5-8-6(10)9-7/h2-5,7H2,1H3,(H2,8,9,10). The van der Waals surface area contributed by atoms with Crippen molar-refractivity contribution in [2.75, 3.05) is 6.54 Å². The summed E-state index contributed by atoms with van der Waals surface area (Å²) >= 11 is 4.76. The number of hydrogen-bond donors (Lipinski definition) is 3. The highest BCUT2D eigenvalue weighted by molar-refractivity contribution is 7.80. The van der Waals surface area contributed by atoms with Crippen LogP contribution in [-0.2, 0) is 0 Å². The monoisotopic (exact) mass is 161 g/mol. The second kappa shape index (κ2) is 6.77. The quantitative estimate of drug-likeness (QED) is 0.243. The van der Waals surface area contributed by atoms with Crippen LogP contribution in [-0.4, -0.2) is 11.7 Å². The molecule has 0 spiro atoms. The van der Waals surface area contributed by atoms with Crippen molar-refractivity contribution in [2.45, 2.75) is 26.2 Å². The lowest BCUT2D eigenvalue weighted by Crippen LogP contribution is -2.39. The highest BCUT2D eigenvalue weighted by atomic mass is 32.1. The third-order valence-electron chi connectivity index (χ3n) is 1.20. The van der Waals surface area contributed by atoms with Crippen molar-refractivity contribution in [3.63, 3.8) is 0 Å². The van der Waals surface area contributed by atoms with Gasteiger partial charge in [-0.1, -0.05) is 19.8 Å². The van der Waals surface area contributed by atoms with Gasteiger partial charge in [0.1, 0.15) is 0 Å². The van der Waals surface area contributed by atoms with Gasteiger partial charge in [-0.2, -0.15) is 0 Å². The van der Waals surface area contributed by atoms with E-state index < -0.39 is 0 Å². The average Bonchev–Trinajstić information content (AvgIpc) is 1.98. The Morgan fingerprint density at radius 2 is 2.20 bits per heavy atom. The van der Waals surface area contributed by atoms with Crippen LogP contribution in [0.1, 0.15) is 26.2 Å². The van der Waals surface area contributed by atoms with Gasteiger partial charge in [0, 0.05) is 6.54 Å². The maximum atomic E-state index is 5.03. The molecule has 4 N–H and O–H groups in total. The first-order valence-corrected chi connectivity index (χ1v) is 3.96. The zero-order chi connectivity index (χ0) is 7.82. The first-order valence-electron chi connectivity index (χ1n) is 3.55. The molecule has 0 unspecified atom stereocenters. The van der Waals surface area contributed by atoms with Gasteiger partial charge in [0.15, 0.2) is 5.11 Å². The average molecular weight is 161 g/mol. The topological polar surface area (TPSA) is 50.1 Å². The Balaban J connectivity index is 2.96. The molecule has 0 aliphatic carbocycles. The Kier molecular flexibility index (Phi) is 6.53. The lowest BCUT2D eigenvalue weighted by atomic mass is 10.2. The third-order valence-corrected chi connectivity index (χ3v) is 1.46. The van der Waals surface area contributed by atoms with E-state index in [0.29, 0.717) is 5.11 Å².